The van der Waals surface area contributed by atoms with E-state index < -0.39 is 0 Å². The summed E-state index contributed by atoms with van der Waals surface area (Å²) in [4.78, 5) is 10.9. The van der Waals surface area contributed by atoms with Gasteiger partial charge in [-0.2, -0.15) is 5.10 Å². The largest absolute Gasteiger partial charge is 0.298 e. The van der Waals surface area contributed by atoms with E-state index in [0.29, 0.717) is 5.56 Å². The van der Waals surface area contributed by atoms with Crippen molar-refractivity contribution in [1.29, 1.82) is 0 Å². The molecule has 0 unspecified atom stereocenters. The number of carbonyl (C=O) groups is 1. The van der Waals surface area contributed by atoms with E-state index in [1.807, 2.05) is 43.8 Å². The third kappa shape index (κ3) is 1.88. The normalized spacial score (nSPS) is 10.6. The van der Waals surface area contributed by atoms with Crippen LogP contribution in [0.25, 0.3) is 11.1 Å². The van der Waals surface area contributed by atoms with Gasteiger partial charge < -0.3 is 0 Å². The van der Waals surface area contributed by atoms with Gasteiger partial charge in [-0.15, -0.1) is 0 Å². The van der Waals surface area contributed by atoms with Crippen LogP contribution in [-0.4, -0.2) is 16.1 Å². The van der Waals surface area contributed by atoms with Crippen molar-refractivity contribution in [1.82, 2.24) is 9.78 Å². The first-order valence-corrected chi connectivity index (χ1v) is 5.61. The molecule has 3 heteroatoms. The Bertz CT molecular complexity index is 582. The Hall–Kier alpha value is -1.90. The monoisotopic (exact) mass is 228 g/mol. The zero-order chi connectivity index (χ0) is 12.6. The van der Waals surface area contributed by atoms with Gasteiger partial charge in [-0.1, -0.05) is 12.1 Å². The van der Waals surface area contributed by atoms with Crippen molar-refractivity contribution in [2.75, 3.05) is 0 Å². The van der Waals surface area contributed by atoms with Crippen molar-refractivity contribution in [3.8, 4) is 11.1 Å². The number of carbonyl (C=O) groups excluding carboxylic acids is 1. The summed E-state index contributed by atoms with van der Waals surface area (Å²) < 4.78 is 1.87. The summed E-state index contributed by atoms with van der Waals surface area (Å²) in [6.07, 6.45) is 0.879. The minimum atomic E-state index is 0.702. The number of aryl methyl sites for hydroxylation is 3. The van der Waals surface area contributed by atoms with E-state index in [4.69, 9.17) is 0 Å². The lowest BCUT2D eigenvalue weighted by molar-refractivity contribution is 0.112. The molecule has 1 aromatic heterocycles. The summed E-state index contributed by atoms with van der Waals surface area (Å²) in [6.45, 7) is 6.09. The van der Waals surface area contributed by atoms with Crippen LogP contribution >= 0.6 is 0 Å². The molecule has 0 aliphatic carbocycles. The van der Waals surface area contributed by atoms with Crippen molar-refractivity contribution in [2.45, 2.75) is 20.8 Å². The molecule has 0 radical (unpaired) electrons. The molecule has 0 fully saturated rings. The summed E-state index contributed by atoms with van der Waals surface area (Å²) in [5.74, 6) is 0. The minimum absolute atomic E-state index is 0.702. The second-order valence-electron chi connectivity index (χ2n) is 4.36. The molecule has 0 N–H and O–H groups in total. The van der Waals surface area contributed by atoms with Gasteiger partial charge in [-0.25, -0.2) is 0 Å². The second-order valence-corrected chi connectivity index (χ2v) is 4.36. The van der Waals surface area contributed by atoms with Crippen LogP contribution < -0.4 is 0 Å². The number of hydrogen-bond acceptors (Lipinski definition) is 2. The van der Waals surface area contributed by atoms with Crippen LogP contribution in [0.4, 0.5) is 0 Å². The Labute approximate surface area is 101 Å². The van der Waals surface area contributed by atoms with Gasteiger partial charge >= 0.3 is 0 Å². The first-order chi connectivity index (χ1) is 8.04. The van der Waals surface area contributed by atoms with Crippen LogP contribution in [0, 0.1) is 20.8 Å². The van der Waals surface area contributed by atoms with E-state index in [1.165, 1.54) is 0 Å². The van der Waals surface area contributed by atoms with Crippen LogP contribution in [0.2, 0.25) is 0 Å². The van der Waals surface area contributed by atoms with E-state index in [1.54, 1.807) is 0 Å². The molecule has 0 bridgehead atoms. The third-order valence-electron chi connectivity index (χ3n) is 3.18. The maximum absolute atomic E-state index is 10.9. The lowest BCUT2D eigenvalue weighted by Gasteiger charge is -2.07. The Morgan fingerprint density at radius 3 is 2.47 bits per heavy atom. The summed E-state index contributed by atoms with van der Waals surface area (Å²) in [5, 5.41) is 4.41. The maximum Gasteiger partial charge on any atom is 0.150 e. The first kappa shape index (κ1) is 11.6. The summed E-state index contributed by atoms with van der Waals surface area (Å²) in [7, 11) is 1.94. The summed E-state index contributed by atoms with van der Waals surface area (Å²) in [6, 6.07) is 5.75. The lowest BCUT2D eigenvalue weighted by Crippen LogP contribution is -1.93. The van der Waals surface area contributed by atoms with Crippen molar-refractivity contribution in [3.63, 3.8) is 0 Å². The van der Waals surface area contributed by atoms with Gasteiger partial charge in [0.25, 0.3) is 0 Å². The zero-order valence-electron chi connectivity index (χ0n) is 10.6. The van der Waals surface area contributed by atoms with Crippen LogP contribution in [0.5, 0.6) is 0 Å². The van der Waals surface area contributed by atoms with Crippen molar-refractivity contribution >= 4 is 6.29 Å². The number of nitrogens with zero attached hydrogens (tertiary/aromatic N) is 2. The summed E-state index contributed by atoms with van der Waals surface area (Å²) >= 11 is 0. The second kappa shape index (κ2) is 4.17. The van der Waals surface area contributed by atoms with Crippen molar-refractivity contribution in [3.05, 3.63) is 40.7 Å². The quantitative estimate of drug-likeness (QED) is 0.741. The highest BCUT2D eigenvalue weighted by molar-refractivity contribution is 5.81. The Kier molecular flexibility index (Phi) is 2.84. The van der Waals surface area contributed by atoms with E-state index in [0.717, 1.165) is 34.4 Å². The number of hydrogen-bond donors (Lipinski definition) is 0. The van der Waals surface area contributed by atoms with Gasteiger partial charge in [-0.3, -0.25) is 9.48 Å². The third-order valence-corrected chi connectivity index (χ3v) is 3.18. The van der Waals surface area contributed by atoms with E-state index in [2.05, 4.69) is 12.0 Å². The van der Waals surface area contributed by atoms with E-state index in [9.17, 15) is 4.79 Å². The Balaban J connectivity index is 2.71. The highest BCUT2D eigenvalue weighted by atomic mass is 16.1. The molecule has 2 rings (SSSR count). The van der Waals surface area contributed by atoms with E-state index in [-0.39, 0.29) is 0 Å². The molecule has 0 aliphatic heterocycles. The smallest absolute Gasteiger partial charge is 0.150 e. The summed E-state index contributed by atoms with van der Waals surface area (Å²) in [5.41, 5.74) is 6.21. The zero-order valence-corrected chi connectivity index (χ0v) is 10.6. The number of aromatic nitrogens is 2. The molecule has 0 aliphatic rings. The molecule has 1 aromatic carbocycles. The van der Waals surface area contributed by atoms with Crippen LogP contribution in [0.1, 0.15) is 27.3 Å². The maximum atomic E-state index is 10.9. The molecular weight excluding hydrogens is 212 g/mol. The van der Waals surface area contributed by atoms with Gasteiger partial charge in [0.2, 0.25) is 0 Å². The average molecular weight is 228 g/mol. The average Bonchev–Trinajstić information content (AvgIpc) is 2.55. The van der Waals surface area contributed by atoms with Crippen LogP contribution in [0.3, 0.4) is 0 Å². The molecular formula is C14H16N2O. The van der Waals surface area contributed by atoms with E-state index >= 15 is 0 Å². The van der Waals surface area contributed by atoms with Crippen LogP contribution in [0.15, 0.2) is 18.2 Å². The van der Waals surface area contributed by atoms with Gasteiger partial charge in [0, 0.05) is 23.9 Å². The molecule has 1 heterocycles. The lowest BCUT2D eigenvalue weighted by atomic mass is 9.97. The van der Waals surface area contributed by atoms with Crippen molar-refractivity contribution < 1.29 is 4.79 Å². The fraction of sp³-hybridized carbons (Fsp3) is 0.286. The highest BCUT2D eigenvalue weighted by Gasteiger charge is 2.13. The predicted octanol–water partition coefficient (Wildman–Crippen LogP) is 2.82. The first-order valence-electron chi connectivity index (χ1n) is 5.61. The number of rotatable bonds is 2. The molecule has 3 nitrogen and oxygen atoms in total. The molecule has 0 amide bonds. The van der Waals surface area contributed by atoms with Crippen LogP contribution in [-0.2, 0) is 7.05 Å². The standard InChI is InChI=1S/C14H16N2O/c1-9-5-6-12(8-17)7-13(9)14-10(2)15-16(4)11(14)3/h5-8H,1-4H3. The molecule has 2 aromatic rings. The SMILES string of the molecule is Cc1ccc(C=O)cc1-c1c(C)nn(C)c1C. The molecule has 17 heavy (non-hydrogen) atoms. The van der Waals surface area contributed by atoms with Gasteiger partial charge in [0.1, 0.15) is 6.29 Å². The Morgan fingerprint density at radius 2 is 1.94 bits per heavy atom. The van der Waals surface area contributed by atoms with Crippen molar-refractivity contribution in [2.24, 2.45) is 7.05 Å². The predicted molar refractivity (Wildman–Crippen MR) is 68.2 cm³/mol. The minimum Gasteiger partial charge on any atom is -0.298 e. The Morgan fingerprint density at radius 1 is 1.24 bits per heavy atom. The van der Waals surface area contributed by atoms with Gasteiger partial charge in [-0.05, 0) is 38.0 Å². The number of aldehydes is 1. The molecule has 0 saturated carbocycles. The highest BCUT2D eigenvalue weighted by Crippen LogP contribution is 2.29. The molecule has 0 atom stereocenters. The molecule has 88 valence electrons. The fourth-order valence-corrected chi connectivity index (χ4v) is 2.15. The fourth-order valence-electron chi connectivity index (χ4n) is 2.15. The molecule has 0 saturated heterocycles. The molecule has 0 spiro atoms. The topological polar surface area (TPSA) is 34.9 Å². The number of benzene rings is 1. The van der Waals surface area contributed by atoms with Gasteiger partial charge in [0.15, 0.2) is 0 Å². The van der Waals surface area contributed by atoms with Gasteiger partial charge in [0.05, 0.1) is 5.69 Å².